The number of phenols is 2. The summed E-state index contributed by atoms with van der Waals surface area (Å²) in [7, 11) is -1.66. The second-order valence-electron chi connectivity index (χ2n) is 16.6. The van der Waals surface area contributed by atoms with Gasteiger partial charge >= 0.3 is 0 Å². The molecule has 0 aliphatic heterocycles. The van der Waals surface area contributed by atoms with Gasteiger partial charge in [0.2, 0.25) is 0 Å². The monoisotopic (exact) mass is 604 g/mol. The lowest BCUT2D eigenvalue weighted by molar-refractivity contribution is 0.390. The fourth-order valence-corrected chi connectivity index (χ4v) is 8.64. The second-order valence-corrected chi connectivity index (χ2v) is 21.5. The number of aromatic hydroxyl groups is 2. The zero-order valence-corrected chi connectivity index (χ0v) is 30.4. The molecule has 0 unspecified atom stereocenters. The van der Waals surface area contributed by atoms with E-state index in [0.29, 0.717) is 11.5 Å². The number of phenolic OH excluding ortho intramolecular Hbond substituents is 2. The van der Waals surface area contributed by atoms with Crippen molar-refractivity contribution in [1.82, 2.24) is 0 Å². The summed E-state index contributed by atoms with van der Waals surface area (Å²) in [6.07, 6.45) is 10.5. The van der Waals surface area contributed by atoms with Crippen molar-refractivity contribution in [2.45, 2.75) is 155 Å². The van der Waals surface area contributed by atoms with Crippen LogP contribution in [0.15, 0.2) is 34.3 Å². The highest BCUT2D eigenvalue weighted by atomic mass is 28.3. The normalized spacial score (nSPS) is 19.1. The van der Waals surface area contributed by atoms with Crippen molar-refractivity contribution >= 4 is 25.7 Å². The number of aliphatic imine (C=N–C) groups is 2. The molecule has 2 aromatic rings. The third-order valence-electron chi connectivity index (χ3n) is 9.20. The fourth-order valence-electron chi connectivity index (χ4n) is 6.03. The molecular weight excluding hydrogens is 545 g/mol. The lowest BCUT2D eigenvalue weighted by atomic mass is 9.79. The summed E-state index contributed by atoms with van der Waals surface area (Å²) in [5.74, 6) is 0.682. The Bertz CT molecular complexity index is 1320. The summed E-state index contributed by atoms with van der Waals surface area (Å²) in [5.41, 5.74) is 4.39. The van der Waals surface area contributed by atoms with Crippen molar-refractivity contribution < 1.29 is 10.2 Å². The summed E-state index contributed by atoms with van der Waals surface area (Å²) in [6, 6.07) is 10.1. The van der Waals surface area contributed by atoms with Crippen molar-refractivity contribution in [3.63, 3.8) is 0 Å². The molecule has 5 heteroatoms. The van der Waals surface area contributed by atoms with Crippen LogP contribution in [0.2, 0.25) is 19.1 Å². The van der Waals surface area contributed by atoms with Crippen LogP contribution in [0, 0.1) is 0 Å². The first-order chi connectivity index (χ1) is 19.8. The van der Waals surface area contributed by atoms with E-state index in [4.69, 9.17) is 9.98 Å². The van der Waals surface area contributed by atoms with E-state index in [1.807, 2.05) is 12.4 Å². The van der Waals surface area contributed by atoms with E-state index in [-0.39, 0.29) is 28.3 Å². The van der Waals surface area contributed by atoms with Gasteiger partial charge in [0, 0.05) is 29.1 Å². The van der Waals surface area contributed by atoms with Crippen LogP contribution in [0.3, 0.4) is 0 Å². The Balaban J connectivity index is 2.00. The van der Waals surface area contributed by atoms with E-state index in [0.717, 1.165) is 47.9 Å². The first kappa shape index (κ1) is 35.1. The summed E-state index contributed by atoms with van der Waals surface area (Å²) in [4.78, 5) is 10.2. The molecule has 1 fully saturated rings. The molecule has 0 radical (unpaired) electrons. The Morgan fingerprint density at radius 3 is 1.63 bits per heavy atom. The van der Waals surface area contributed by atoms with Gasteiger partial charge in [-0.3, -0.25) is 9.98 Å². The van der Waals surface area contributed by atoms with Crippen LogP contribution in [0.25, 0.3) is 0 Å². The van der Waals surface area contributed by atoms with E-state index in [9.17, 15) is 10.2 Å². The minimum Gasteiger partial charge on any atom is -0.507 e. The minimum atomic E-state index is -1.66. The van der Waals surface area contributed by atoms with Gasteiger partial charge in [-0.05, 0) is 46.3 Å². The fraction of sp³-hybridized carbons (Fsp3) is 0.632. The maximum atomic E-state index is 11.4. The van der Waals surface area contributed by atoms with Crippen molar-refractivity contribution in [1.29, 1.82) is 0 Å². The van der Waals surface area contributed by atoms with E-state index < -0.39 is 8.07 Å². The van der Waals surface area contributed by atoms with Gasteiger partial charge in [0.25, 0.3) is 0 Å². The van der Waals surface area contributed by atoms with Gasteiger partial charge in [0.15, 0.2) is 0 Å². The topological polar surface area (TPSA) is 65.2 Å². The van der Waals surface area contributed by atoms with Gasteiger partial charge in [-0.2, -0.15) is 0 Å². The largest absolute Gasteiger partial charge is 0.507 e. The Kier molecular flexibility index (Phi) is 10.9. The summed E-state index contributed by atoms with van der Waals surface area (Å²) in [6.45, 7) is 26.7. The molecule has 1 saturated carbocycles. The highest BCUT2D eigenvalue weighted by molar-refractivity contribution is 6.89. The zero-order chi connectivity index (χ0) is 32.4. The first-order valence-corrected chi connectivity index (χ1v) is 19.8. The van der Waals surface area contributed by atoms with Gasteiger partial charge in [0.05, 0.1) is 20.2 Å². The molecule has 0 amide bonds. The number of nitrogens with zero attached hydrogens (tertiary/aromatic N) is 2. The molecule has 0 saturated heterocycles. The average molecular weight is 605 g/mol. The van der Waals surface area contributed by atoms with E-state index in [2.05, 4.69) is 107 Å². The Morgan fingerprint density at radius 1 is 0.721 bits per heavy atom. The van der Waals surface area contributed by atoms with E-state index in [1.54, 1.807) is 0 Å². The van der Waals surface area contributed by atoms with Crippen LogP contribution in [0.5, 0.6) is 11.5 Å². The molecule has 0 heterocycles. The molecule has 2 atom stereocenters. The maximum absolute atomic E-state index is 11.4. The molecule has 2 aromatic carbocycles. The van der Waals surface area contributed by atoms with Crippen molar-refractivity contribution in [3.8, 4) is 11.5 Å². The number of unbranched alkanes of at least 4 members (excludes halogenated alkanes) is 1. The molecule has 4 nitrogen and oxygen atoms in total. The van der Waals surface area contributed by atoms with Crippen molar-refractivity contribution in [2.75, 3.05) is 0 Å². The number of rotatable bonds is 8. The molecule has 238 valence electrons. The SMILES string of the molecule is CCCC[Si](C)(C)c1cc(/C=N/[C@H]2CCCC[C@@H]2/N=C/c2cc(C(C)(C)C)cc(C(C)(C)C)c2O)c(O)c(C(C)(C)C)c1. The Labute approximate surface area is 264 Å². The van der Waals surface area contributed by atoms with Gasteiger partial charge in [-0.25, -0.2) is 0 Å². The second kappa shape index (κ2) is 13.3. The van der Waals surface area contributed by atoms with E-state index in [1.165, 1.54) is 29.6 Å². The van der Waals surface area contributed by atoms with Crippen molar-refractivity contribution in [2.24, 2.45) is 9.98 Å². The maximum Gasteiger partial charge on any atom is 0.128 e. The lowest BCUT2D eigenvalue weighted by Gasteiger charge is -2.29. The molecule has 3 rings (SSSR count). The van der Waals surface area contributed by atoms with Crippen LogP contribution in [0.1, 0.15) is 136 Å². The van der Waals surface area contributed by atoms with Crippen LogP contribution in [-0.2, 0) is 16.2 Å². The van der Waals surface area contributed by atoms with E-state index >= 15 is 0 Å². The third kappa shape index (κ3) is 8.83. The predicted molar refractivity (Wildman–Crippen MR) is 190 cm³/mol. The number of benzene rings is 2. The summed E-state index contributed by atoms with van der Waals surface area (Å²) < 4.78 is 0. The molecule has 0 aromatic heterocycles. The van der Waals surface area contributed by atoms with Crippen molar-refractivity contribution in [3.05, 3.63) is 52.1 Å². The molecule has 43 heavy (non-hydrogen) atoms. The highest BCUT2D eigenvalue weighted by Gasteiger charge is 2.29. The number of hydrogen-bond acceptors (Lipinski definition) is 4. The van der Waals surface area contributed by atoms with Crippen LogP contribution in [0.4, 0.5) is 0 Å². The Morgan fingerprint density at radius 2 is 1.19 bits per heavy atom. The standard InChI is InChI=1S/C38H60N2O2Si/c1-13-14-19-43(11,12)29-21-27(35(42)31(23-29)38(8,9)10)25-40-33-18-16-15-17-32(33)39-24-26-20-28(36(2,3)4)22-30(34(26)41)37(5,6)7/h20-25,32-33,41-42H,13-19H2,1-12H3/b39-24+,40-25+/t32-,33-/m0/s1. The summed E-state index contributed by atoms with van der Waals surface area (Å²) >= 11 is 0. The smallest absolute Gasteiger partial charge is 0.128 e. The number of hydrogen-bond donors (Lipinski definition) is 2. The average Bonchev–Trinajstić information content (AvgIpc) is 2.89. The molecule has 1 aliphatic carbocycles. The molecule has 0 bridgehead atoms. The van der Waals surface area contributed by atoms with Gasteiger partial charge in [0.1, 0.15) is 11.5 Å². The van der Waals surface area contributed by atoms with Crippen LogP contribution in [-0.4, -0.2) is 42.8 Å². The molecule has 0 spiro atoms. The molecule has 1 aliphatic rings. The van der Waals surface area contributed by atoms with Gasteiger partial charge < -0.3 is 10.2 Å². The summed E-state index contributed by atoms with van der Waals surface area (Å²) in [5, 5.41) is 24.1. The minimum absolute atomic E-state index is 0.0373. The van der Waals surface area contributed by atoms with Gasteiger partial charge in [-0.15, -0.1) is 0 Å². The van der Waals surface area contributed by atoms with Crippen LogP contribution >= 0.6 is 0 Å². The third-order valence-corrected chi connectivity index (χ3v) is 12.7. The zero-order valence-electron chi connectivity index (χ0n) is 29.4. The molecular formula is C38H60N2O2Si. The van der Waals surface area contributed by atoms with Gasteiger partial charge in [-0.1, -0.05) is 137 Å². The van der Waals surface area contributed by atoms with Crippen LogP contribution < -0.4 is 5.19 Å². The first-order valence-electron chi connectivity index (χ1n) is 16.6. The Hall–Kier alpha value is -2.40. The molecule has 2 N–H and O–H groups in total. The quantitative estimate of drug-likeness (QED) is 0.233. The highest BCUT2D eigenvalue weighted by Crippen LogP contribution is 2.38. The predicted octanol–water partition coefficient (Wildman–Crippen LogP) is 9.55. The lowest BCUT2D eigenvalue weighted by Crippen LogP contribution is -2.42.